The zero-order chi connectivity index (χ0) is 17.5. The molecule has 0 aliphatic carbocycles. The molecule has 0 aromatic heterocycles. The van der Waals surface area contributed by atoms with Gasteiger partial charge in [-0.05, 0) is 47.1 Å². The Morgan fingerprint density at radius 1 is 0.875 bits per heavy atom. The maximum Gasteiger partial charge on any atom is 0.161 e. The van der Waals surface area contributed by atoms with E-state index in [-0.39, 0.29) is 0 Å². The van der Waals surface area contributed by atoms with Crippen molar-refractivity contribution in [2.45, 2.75) is 39.0 Å². The van der Waals surface area contributed by atoms with Crippen LogP contribution in [0.15, 0.2) is 48.5 Å². The number of hydrogen-bond donors (Lipinski definition) is 0. The van der Waals surface area contributed by atoms with Crippen molar-refractivity contribution in [2.75, 3.05) is 14.2 Å². The summed E-state index contributed by atoms with van der Waals surface area (Å²) in [6.45, 7) is 6.75. The van der Waals surface area contributed by atoms with E-state index in [0.29, 0.717) is 11.8 Å². The summed E-state index contributed by atoms with van der Waals surface area (Å²) in [4.78, 5) is 0. The monoisotopic (exact) mass is 324 g/mol. The lowest BCUT2D eigenvalue weighted by Crippen LogP contribution is -1.95. The van der Waals surface area contributed by atoms with Crippen LogP contribution in [0, 0.1) is 0 Å². The number of hydrogen-bond acceptors (Lipinski definition) is 2. The summed E-state index contributed by atoms with van der Waals surface area (Å²) in [6, 6.07) is 14.9. The van der Waals surface area contributed by atoms with Gasteiger partial charge in [-0.2, -0.15) is 0 Å². The van der Waals surface area contributed by atoms with E-state index >= 15 is 0 Å². The highest BCUT2D eigenvalue weighted by Crippen LogP contribution is 2.28. The average molecular weight is 324 g/mol. The first-order valence-electron chi connectivity index (χ1n) is 8.53. The van der Waals surface area contributed by atoms with Gasteiger partial charge in [0.05, 0.1) is 14.2 Å². The molecule has 0 aliphatic heterocycles. The Hall–Kier alpha value is -2.22. The van der Waals surface area contributed by atoms with Crippen LogP contribution in [0.25, 0.3) is 6.08 Å². The molecule has 2 nitrogen and oxygen atoms in total. The molecule has 1 unspecified atom stereocenters. The van der Waals surface area contributed by atoms with Crippen LogP contribution in [-0.2, 0) is 0 Å². The van der Waals surface area contributed by atoms with Crippen molar-refractivity contribution >= 4 is 6.08 Å². The normalized spacial score (nSPS) is 12.6. The van der Waals surface area contributed by atoms with Crippen molar-refractivity contribution in [1.29, 1.82) is 0 Å². The van der Waals surface area contributed by atoms with Gasteiger partial charge in [-0.1, -0.05) is 63.3 Å². The molecule has 0 aliphatic rings. The van der Waals surface area contributed by atoms with Gasteiger partial charge < -0.3 is 9.47 Å². The number of methoxy groups -OCH3 is 2. The second-order valence-electron chi connectivity index (χ2n) is 6.48. The molecule has 2 aromatic rings. The first kappa shape index (κ1) is 18.1. The van der Waals surface area contributed by atoms with Crippen molar-refractivity contribution in [3.63, 3.8) is 0 Å². The van der Waals surface area contributed by atoms with Crippen LogP contribution in [-0.4, -0.2) is 14.2 Å². The molecule has 2 aromatic carbocycles. The molecular weight excluding hydrogens is 296 g/mol. The van der Waals surface area contributed by atoms with E-state index in [4.69, 9.17) is 9.47 Å². The van der Waals surface area contributed by atoms with E-state index in [2.05, 4.69) is 57.2 Å². The number of allylic oxidation sites excluding steroid dienone is 1. The maximum absolute atomic E-state index is 5.35. The van der Waals surface area contributed by atoms with Crippen LogP contribution >= 0.6 is 0 Å². The van der Waals surface area contributed by atoms with Crippen molar-refractivity contribution in [2.24, 2.45) is 0 Å². The molecule has 24 heavy (non-hydrogen) atoms. The summed E-state index contributed by atoms with van der Waals surface area (Å²) in [5, 5.41) is 0. The van der Waals surface area contributed by atoms with Gasteiger partial charge in [-0.3, -0.25) is 0 Å². The van der Waals surface area contributed by atoms with Gasteiger partial charge in [0, 0.05) is 0 Å². The molecule has 0 spiro atoms. The lowest BCUT2D eigenvalue weighted by Gasteiger charge is -2.13. The van der Waals surface area contributed by atoms with Gasteiger partial charge in [-0.15, -0.1) is 0 Å². The Labute approximate surface area is 146 Å². The summed E-state index contributed by atoms with van der Waals surface area (Å²) >= 11 is 0. The Morgan fingerprint density at radius 2 is 1.58 bits per heavy atom. The van der Waals surface area contributed by atoms with E-state index in [0.717, 1.165) is 23.5 Å². The molecule has 2 heteroatoms. The third kappa shape index (κ3) is 4.64. The topological polar surface area (TPSA) is 18.5 Å². The number of rotatable bonds is 7. The minimum atomic E-state index is 0.500. The number of ether oxygens (including phenoxy) is 2. The average Bonchev–Trinajstić information content (AvgIpc) is 2.61. The second kappa shape index (κ2) is 8.58. The zero-order valence-corrected chi connectivity index (χ0v) is 15.4. The van der Waals surface area contributed by atoms with Gasteiger partial charge in [0.1, 0.15) is 0 Å². The Bertz CT molecular complexity index is 686. The minimum absolute atomic E-state index is 0.500. The van der Waals surface area contributed by atoms with E-state index in [1.54, 1.807) is 14.2 Å². The molecule has 128 valence electrons. The maximum atomic E-state index is 5.35. The standard InChI is InChI=1S/C22H28O2/c1-16(2)19-10-7-11-20(15-19)17(3)8-6-9-18-12-13-21(23-4)22(14-18)24-5/h6-7,9-17H,8H2,1-5H3/b9-6-. The van der Waals surface area contributed by atoms with E-state index in [1.807, 2.05) is 18.2 Å². The SMILES string of the molecule is COc1ccc(/C=C\CC(C)c2cccc(C(C)C)c2)cc1OC. The summed E-state index contributed by atoms with van der Waals surface area (Å²) < 4.78 is 10.6. The highest BCUT2D eigenvalue weighted by Gasteiger charge is 2.07. The van der Waals surface area contributed by atoms with Crippen LogP contribution < -0.4 is 9.47 Å². The Balaban J connectivity index is 2.04. The summed E-state index contributed by atoms with van der Waals surface area (Å²) in [5.41, 5.74) is 3.93. The molecular formula is C22H28O2. The van der Waals surface area contributed by atoms with E-state index < -0.39 is 0 Å². The summed E-state index contributed by atoms with van der Waals surface area (Å²) in [5.74, 6) is 2.59. The van der Waals surface area contributed by atoms with Crippen LogP contribution in [0.3, 0.4) is 0 Å². The predicted octanol–water partition coefficient (Wildman–Crippen LogP) is 6.03. The lowest BCUT2D eigenvalue weighted by molar-refractivity contribution is 0.355. The number of benzene rings is 2. The predicted molar refractivity (Wildman–Crippen MR) is 102 cm³/mol. The first-order valence-corrected chi connectivity index (χ1v) is 8.53. The van der Waals surface area contributed by atoms with E-state index in [9.17, 15) is 0 Å². The van der Waals surface area contributed by atoms with Crippen LogP contribution in [0.5, 0.6) is 11.5 Å². The Kier molecular flexibility index (Phi) is 6.48. The highest BCUT2D eigenvalue weighted by atomic mass is 16.5. The van der Waals surface area contributed by atoms with Crippen molar-refractivity contribution in [1.82, 2.24) is 0 Å². The molecule has 0 amide bonds. The van der Waals surface area contributed by atoms with E-state index in [1.165, 1.54) is 11.1 Å². The highest BCUT2D eigenvalue weighted by molar-refractivity contribution is 5.56. The lowest BCUT2D eigenvalue weighted by atomic mass is 9.93. The molecule has 1 atom stereocenters. The molecule has 0 fully saturated rings. The molecule has 0 heterocycles. The zero-order valence-electron chi connectivity index (χ0n) is 15.4. The fourth-order valence-corrected chi connectivity index (χ4v) is 2.73. The summed E-state index contributed by atoms with van der Waals surface area (Å²) in [6.07, 6.45) is 5.38. The molecule has 0 bridgehead atoms. The van der Waals surface area contributed by atoms with Crippen molar-refractivity contribution in [3.8, 4) is 11.5 Å². The molecule has 0 saturated carbocycles. The quantitative estimate of drug-likeness (QED) is 0.618. The van der Waals surface area contributed by atoms with Gasteiger partial charge >= 0.3 is 0 Å². The molecule has 2 rings (SSSR count). The largest absolute Gasteiger partial charge is 0.493 e. The second-order valence-corrected chi connectivity index (χ2v) is 6.48. The smallest absolute Gasteiger partial charge is 0.161 e. The van der Waals surface area contributed by atoms with Gasteiger partial charge in [0.15, 0.2) is 11.5 Å². The Morgan fingerprint density at radius 3 is 2.25 bits per heavy atom. The third-order valence-electron chi connectivity index (χ3n) is 4.35. The van der Waals surface area contributed by atoms with Crippen molar-refractivity contribution in [3.05, 3.63) is 65.2 Å². The fraction of sp³-hybridized carbons (Fsp3) is 0.364. The van der Waals surface area contributed by atoms with Gasteiger partial charge in [0.25, 0.3) is 0 Å². The third-order valence-corrected chi connectivity index (χ3v) is 4.35. The fourth-order valence-electron chi connectivity index (χ4n) is 2.73. The van der Waals surface area contributed by atoms with Crippen LogP contribution in [0.2, 0.25) is 0 Å². The molecule has 0 saturated heterocycles. The van der Waals surface area contributed by atoms with Gasteiger partial charge in [-0.25, -0.2) is 0 Å². The van der Waals surface area contributed by atoms with Crippen LogP contribution in [0.1, 0.15) is 55.7 Å². The van der Waals surface area contributed by atoms with Gasteiger partial charge in [0.2, 0.25) is 0 Å². The summed E-state index contributed by atoms with van der Waals surface area (Å²) in [7, 11) is 3.31. The first-order chi connectivity index (χ1) is 11.5. The minimum Gasteiger partial charge on any atom is -0.493 e. The molecule has 0 radical (unpaired) electrons. The molecule has 0 N–H and O–H groups in total. The van der Waals surface area contributed by atoms with Crippen molar-refractivity contribution < 1.29 is 9.47 Å². The van der Waals surface area contributed by atoms with Crippen LogP contribution in [0.4, 0.5) is 0 Å².